The Labute approximate surface area is 128 Å². The first-order valence-corrected chi connectivity index (χ1v) is 6.98. The Morgan fingerprint density at radius 1 is 1.43 bits per heavy atom. The number of halogens is 1. The SMILES string of the molecule is CC(O)(CNC(=O)c1cc2cccc(Br)c2o1)CC(=O)O. The minimum Gasteiger partial charge on any atom is -0.481 e. The van der Waals surface area contributed by atoms with Crippen molar-refractivity contribution in [2.24, 2.45) is 0 Å². The second-order valence-corrected chi connectivity index (χ2v) is 5.87. The highest BCUT2D eigenvalue weighted by Gasteiger charge is 2.25. The Morgan fingerprint density at radius 2 is 2.14 bits per heavy atom. The standard InChI is InChI=1S/C14H14BrNO5/c1-14(20,6-11(17)18)7-16-13(19)10-5-8-3-2-4-9(15)12(8)21-10/h2-5,20H,6-7H2,1H3,(H,16,19)(H,17,18). The molecule has 0 aliphatic carbocycles. The van der Waals surface area contributed by atoms with Gasteiger partial charge in [0.1, 0.15) is 5.58 Å². The second-order valence-electron chi connectivity index (χ2n) is 5.02. The molecule has 0 radical (unpaired) electrons. The molecule has 0 aliphatic rings. The third-order valence-electron chi connectivity index (χ3n) is 2.88. The third-order valence-corrected chi connectivity index (χ3v) is 3.51. The Morgan fingerprint density at radius 3 is 2.76 bits per heavy atom. The highest BCUT2D eigenvalue weighted by atomic mass is 79.9. The zero-order chi connectivity index (χ0) is 15.6. The summed E-state index contributed by atoms with van der Waals surface area (Å²) >= 11 is 3.33. The number of carbonyl (C=O) groups excluding carboxylic acids is 1. The molecule has 1 aromatic heterocycles. The summed E-state index contributed by atoms with van der Waals surface area (Å²) in [4.78, 5) is 22.6. The molecule has 0 bridgehead atoms. The summed E-state index contributed by atoms with van der Waals surface area (Å²) in [5.74, 6) is -1.55. The van der Waals surface area contributed by atoms with E-state index in [1.165, 1.54) is 6.92 Å². The van der Waals surface area contributed by atoms with Crippen molar-refractivity contribution in [3.63, 3.8) is 0 Å². The number of para-hydroxylation sites is 1. The number of carboxylic acid groups (broad SMARTS) is 1. The van der Waals surface area contributed by atoms with Gasteiger partial charge in [0.05, 0.1) is 16.5 Å². The van der Waals surface area contributed by atoms with E-state index in [0.717, 1.165) is 9.86 Å². The number of benzene rings is 1. The van der Waals surface area contributed by atoms with E-state index in [0.29, 0.717) is 5.58 Å². The van der Waals surface area contributed by atoms with Crippen molar-refractivity contribution in [3.05, 3.63) is 34.5 Å². The molecule has 21 heavy (non-hydrogen) atoms. The number of aliphatic hydroxyl groups is 1. The van der Waals surface area contributed by atoms with Crippen LogP contribution in [0.3, 0.4) is 0 Å². The van der Waals surface area contributed by atoms with Gasteiger partial charge in [-0.05, 0) is 35.0 Å². The fourth-order valence-electron chi connectivity index (χ4n) is 1.89. The number of aliphatic carboxylic acids is 1. The summed E-state index contributed by atoms with van der Waals surface area (Å²) in [6.07, 6.45) is -0.459. The number of amides is 1. The van der Waals surface area contributed by atoms with Gasteiger partial charge in [-0.2, -0.15) is 0 Å². The molecular weight excluding hydrogens is 342 g/mol. The van der Waals surface area contributed by atoms with Gasteiger partial charge < -0.3 is 19.9 Å². The van der Waals surface area contributed by atoms with Crippen LogP contribution in [0.5, 0.6) is 0 Å². The first-order valence-electron chi connectivity index (χ1n) is 6.19. The van der Waals surface area contributed by atoms with Gasteiger partial charge in [-0.1, -0.05) is 12.1 Å². The normalized spacial score (nSPS) is 13.9. The van der Waals surface area contributed by atoms with E-state index >= 15 is 0 Å². The van der Waals surface area contributed by atoms with Gasteiger partial charge in [0.25, 0.3) is 5.91 Å². The molecule has 0 saturated carbocycles. The van der Waals surface area contributed by atoms with Crippen LogP contribution in [0, 0.1) is 0 Å². The molecule has 1 unspecified atom stereocenters. The van der Waals surface area contributed by atoms with Crippen molar-refractivity contribution < 1.29 is 24.2 Å². The number of carbonyl (C=O) groups is 2. The Balaban J connectivity index is 2.09. The van der Waals surface area contributed by atoms with Crippen molar-refractivity contribution >= 4 is 38.8 Å². The predicted octanol–water partition coefficient (Wildman–Crippen LogP) is 2.15. The molecular formula is C14H14BrNO5. The lowest BCUT2D eigenvalue weighted by Gasteiger charge is -2.20. The number of nitrogens with one attached hydrogen (secondary N) is 1. The number of hydrogen-bond donors (Lipinski definition) is 3. The number of carboxylic acids is 1. The van der Waals surface area contributed by atoms with E-state index in [4.69, 9.17) is 9.52 Å². The van der Waals surface area contributed by atoms with Crippen LogP contribution >= 0.6 is 15.9 Å². The van der Waals surface area contributed by atoms with Crippen LogP contribution in [-0.2, 0) is 4.79 Å². The first kappa shape index (κ1) is 15.5. The summed E-state index contributed by atoms with van der Waals surface area (Å²) < 4.78 is 6.18. The van der Waals surface area contributed by atoms with Gasteiger partial charge in [0.2, 0.25) is 0 Å². The molecule has 0 aliphatic heterocycles. The van der Waals surface area contributed by atoms with Crippen molar-refractivity contribution in [2.45, 2.75) is 18.9 Å². The topological polar surface area (TPSA) is 99.8 Å². The van der Waals surface area contributed by atoms with Crippen LogP contribution in [0.15, 0.2) is 33.2 Å². The Hall–Kier alpha value is -1.86. The highest BCUT2D eigenvalue weighted by Crippen LogP contribution is 2.26. The van der Waals surface area contributed by atoms with Gasteiger partial charge in [0, 0.05) is 11.9 Å². The highest BCUT2D eigenvalue weighted by molar-refractivity contribution is 9.10. The minimum absolute atomic E-state index is 0.100. The summed E-state index contributed by atoms with van der Waals surface area (Å²) in [6.45, 7) is 1.16. The van der Waals surface area contributed by atoms with Gasteiger partial charge in [0.15, 0.2) is 5.76 Å². The number of fused-ring (bicyclic) bond motifs is 1. The molecule has 7 heteroatoms. The van der Waals surface area contributed by atoms with E-state index < -0.39 is 23.9 Å². The van der Waals surface area contributed by atoms with Crippen LogP contribution < -0.4 is 5.32 Å². The van der Waals surface area contributed by atoms with Crippen LogP contribution in [0.1, 0.15) is 23.9 Å². The Kier molecular flexibility index (Phi) is 4.34. The van der Waals surface area contributed by atoms with Gasteiger partial charge >= 0.3 is 5.97 Å². The van der Waals surface area contributed by atoms with Crippen LogP contribution in [-0.4, -0.2) is 34.2 Å². The summed E-state index contributed by atoms with van der Waals surface area (Å²) in [5.41, 5.74) is -0.964. The van der Waals surface area contributed by atoms with Gasteiger partial charge in [-0.3, -0.25) is 9.59 Å². The summed E-state index contributed by atoms with van der Waals surface area (Å²) in [7, 11) is 0. The molecule has 6 nitrogen and oxygen atoms in total. The zero-order valence-electron chi connectivity index (χ0n) is 11.2. The lowest BCUT2D eigenvalue weighted by Crippen LogP contribution is -2.42. The summed E-state index contributed by atoms with van der Waals surface area (Å²) in [6, 6.07) is 7.01. The zero-order valence-corrected chi connectivity index (χ0v) is 12.8. The smallest absolute Gasteiger partial charge is 0.306 e. The van der Waals surface area contributed by atoms with Crippen molar-refractivity contribution in [3.8, 4) is 0 Å². The fraction of sp³-hybridized carbons (Fsp3) is 0.286. The molecule has 2 aromatic rings. The maximum absolute atomic E-state index is 12.0. The van der Waals surface area contributed by atoms with Crippen LogP contribution in [0.25, 0.3) is 11.0 Å². The molecule has 112 valence electrons. The van der Waals surface area contributed by atoms with Crippen molar-refractivity contribution in [1.29, 1.82) is 0 Å². The average Bonchev–Trinajstić information content (AvgIpc) is 2.80. The lowest BCUT2D eigenvalue weighted by molar-refractivity contribution is -0.141. The molecule has 0 saturated heterocycles. The van der Waals surface area contributed by atoms with E-state index in [1.807, 2.05) is 6.07 Å². The molecule has 1 aromatic carbocycles. The fourth-order valence-corrected chi connectivity index (χ4v) is 2.35. The molecule has 1 heterocycles. The van der Waals surface area contributed by atoms with E-state index in [-0.39, 0.29) is 12.3 Å². The summed E-state index contributed by atoms with van der Waals surface area (Å²) in [5, 5.41) is 21.7. The molecule has 1 atom stereocenters. The number of hydrogen-bond acceptors (Lipinski definition) is 4. The first-order chi connectivity index (χ1) is 9.78. The monoisotopic (exact) mass is 355 g/mol. The van der Waals surface area contributed by atoms with E-state index in [1.54, 1.807) is 18.2 Å². The Bertz CT molecular complexity index is 692. The molecule has 0 fully saturated rings. The van der Waals surface area contributed by atoms with Crippen LogP contribution in [0.2, 0.25) is 0 Å². The minimum atomic E-state index is -1.52. The van der Waals surface area contributed by atoms with E-state index in [9.17, 15) is 14.7 Å². The lowest BCUT2D eigenvalue weighted by atomic mass is 10.0. The molecule has 2 rings (SSSR count). The van der Waals surface area contributed by atoms with Crippen LogP contribution in [0.4, 0.5) is 0 Å². The van der Waals surface area contributed by atoms with E-state index in [2.05, 4.69) is 21.2 Å². The van der Waals surface area contributed by atoms with Crippen molar-refractivity contribution in [2.75, 3.05) is 6.54 Å². The number of rotatable bonds is 5. The number of furan rings is 1. The molecule has 3 N–H and O–H groups in total. The maximum atomic E-state index is 12.0. The third kappa shape index (κ3) is 3.83. The van der Waals surface area contributed by atoms with Crippen molar-refractivity contribution in [1.82, 2.24) is 5.32 Å². The molecule has 1 amide bonds. The van der Waals surface area contributed by atoms with Gasteiger partial charge in [-0.25, -0.2) is 0 Å². The second kappa shape index (κ2) is 5.87. The van der Waals surface area contributed by atoms with Gasteiger partial charge in [-0.15, -0.1) is 0 Å². The molecule has 0 spiro atoms. The predicted molar refractivity (Wildman–Crippen MR) is 79.1 cm³/mol. The quantitative estimate of drug-likeness (QED) is 0.762. The maximum Gasteiger partial charge on any atom is 0.306 e. The largest absolute Gasteiger partial charge is 0.481 e. The average molecular weight is 356 g/mol.